The van der Waals surface area contributed by atoms with E-state index in [1.807, 2.05) is 0 Å². The Bertz CT molecular complexity index is 905. The third-order valence-electron chi connectivity index (χ3n) is 4.26. The Morgan fingerprint density at radius 2 is 1.37 bits per heavy atom. The van der Waals surface area contributed by atoms with E-state index in [9.17, 15) is 26.3 Å². The molecule has 0 N–H and O–H groups in total. The molecule has 0 amide bonds. The number of rotatable bonds is 2. The molecule has 0 bridgehead atoms. The lowest BCUT2D eigenvalue weighted by atomic mass is 10.2. The highest BCUT2D eigenvalue weighted by molar-refractivity contribution is 5.39. The van der Waals surface area contributed by atoms with Crippen molar-refractivity contribution in [2.75, 3.05) is 0 Å². The maximum atomic E-state index is 13.0. The summed E-state index contributed by atoms with van der Waals surface area (Å²) >= 11 is 0. The van der Waals surface area contributed by atoms with Crippen LogP contribution in [0.25, 0.3) is 11.4 Å². The molecule has 0 aliphatic carbocycles. The lowest BCUT2D eigenvalue weighted by molar-refractivity contribution is -0.606. The minimum absolute atomic E-state index is 0.219. The minimum Gasteiger partial charge on any atom is -0.296 e. The summed E-state index contributed by atoms with van der Waals surface area (Å²) in [6.45, 7) is 3.33. The summed E-state index contributed by atoms with van der Waals surface area (Å²) in [5.41, 5.74) is -0.0691. The van der Waals surface area contributed by atoms with Gasteiger partial charge >= 0.3 is 12.4 Å². The van der Waals surface area contributed by atoms with Crippen molar-refractivity contribution in [2.45, 2.75) is 26.2 Å². The van der Waals surface area contributed by atoms with Crippen LogP contribution in [0.1, 0.15) is 22.5 Å². The van der Waals surface area contributed by atoms with Gasteiger partial charge in [0.05, 0.1) is 33.9 Å². The lowest BCUT2D eigenvalue weighted by Crippen LogP contribution is -2.32. The third-order valence-corrected chi connectivity index (χ3v) is 4.26. The lowest BCUT2D eigenvalue weighted by Gasteiger charge is -2.10. The zero-order valence-corrected chi connectivity index (χ0v) is 14.3. The van der Waals surface area contributed by atoms with Gasteiger partial charge in [0.1, 0.15) is 0 Å². The number of nitrogens with zero attached hydrogens (tertiary/aromatic N) is 2. The summed E-state index contributed by atoms with van der Waals surface area (Å²) in [6, 6.07) is 9.36. The fourth-order valence-electron chi connectivity index (χ4n) is 2.72. The molecule has 0 saturated heterocycles. The summed E-state index contributed by atoms with van der Waals surface area (Å²) in [4.78, 5) is 0. The van der Waals surface area contributed by atoms with Crippen LogP contribution < -0.4 is 4.57 Å². The SMILES string of the molecule is Cc1c(C)[n+](-c2cccc(C(F)(F)F)c2)[c-]n1-c1cccc(C(F)(F)F)c1. The van der Waals surface area contributed by atoms with Gasteiger partial charge < -0.3 is 0 Å². The van der Waals surface area contributed by atoms with Crippen LogP contribution in [0.2, 0.25) is 0 Å². The first-order valence-electron chi connectivity index (χ1n) is 7.87. The molecule has 0 fully saturated rings. The van der Waals surface area contributed by atoms with E-state index in [4.69, 9.17) is 0 Å². The highest BCUT2D eigenvalue weighted by Gasteiger charge is 2.31. The standard InChI is InChI=1S/C19H14F6N2/c1-12-13(2)27(17-8-4-6-15(10-17)19(23,24)25)11-26(12)16-7-3-5-14(9-16)18(20,21)22/h3-10H,1-2H3. The van der Waals surface area contributed by atoms with Crippen LogP contribution in [-0.4, -0.2) is 4.57 Å². The normalized spacial score (nSPS) is 12.4. The second-order valence-electron chi connectivity index (χ2n) is 6.04. The average Bonchev–Trinajstić information content (AvgIpc) is 2.89. The number of hydrogen-bond acceptors (Lipinski definition) is 0. The van der Waals surface area contributed by atoms with Gasteiger partial charge in [0.25, 0.3) is 6.33 Å². The third kappa shape index (κ3) is 3.70. The second-order valence-corrected chi connectivity index (χ2v) is 6.04. The molecule has 2 nitrogen and oxygen atoms in total. The van der Waals surface area contributed by atoms with E-state index in [1.165, 1.54) is 33.4 Å². The average molecular weight is 384 g/mol. The van der Waals surface area contributed by atoms with Crippen molar-refractivity contribution in [1.82, 2.24) is 4.57 Å². The fraction of sp³-hybridized carbons (Fsp3) is 0.211. The van der Waals surface area contributed by atoms with Crippen molar-refractivity contribution >= 4 is 0 Å². The molecule has 1 aromatic heterocycles. The van der Waals surface area contributed by atoms with Gasteiger partial charge in [0.15, 0.2) is 0 Å². The Balaban J connectivity index is 2.11. The first-order valence-corrected chi connectivity index (χ1v) is 7.87. The van der Waals surface area contributed by atoms with Gasteiger partial charge in [-0.3, -0.25) is 9.13 Å². The van der Waals surface area contributed by atoms with Gasteiger partial charge in [-0.2, -0.15) is 26.3 Å². The monoisotopic (exact) mass is 384 g/mol. The highest BCUT2D eigenvalue weighted by atomic mass is 19.4. The van der Waals surface area contributed by atoms with Crippen LogP contribution >= 0.6 is 0 Å². The first kappa shape index (κ1) is 19.0. The van der Waals surface area contributed by atoms with E-state index >= 15 is 0 Å². The van der Waals surface area contributed by atoms with Crippen LogP contribution in [0, 0.1) is 20.2 Å². The topological polar surface area (TPSA) is 8.81 Å². The Morgan fingerprint density at radius 1 is 0.815 bits per heavy atom. The molecule has 3 rings (SSSR count). The van der Waals surface area contributed by atoms with E-state index in [0.29, 0.717) is 11.4 Å². The van der Waals surface area contributed by atoms with Gasteiger partial charge in [0.2, 0.25) is 0 Å². The number of alkyl halides is 6. The van der Waals surface area contributed by atoms with Gasteiger partial charge in [-0.1, -0.05) is 24.3 Å². The molecule has 27 heavy (non-hydrogen) atoms. The fourth-order valence-corrected chi connectivity index (χ4v) is 2.72. The van der Waals surface area contributed by atoms with E-state index in [2.05, 4.69) is 6.33 Å². The van der Waals surface area contributed by atoms with Gasteiger partial charge in [-0.15, -0.1) is 0 Å². The number of hydrogen-bond donors (Lipinski definition) is 0. The maximum absolute atomic E-state index is 13.0. The molecule has 0 aliphatic heterocycles. The van der Waals surface area contributed by atoms with Crippen molar-refractivity contribution in [3.8, 4) is 11.4 Å². The minimum atomic E-state index is -4.50. The van der Waals surface area contributed by atoms with Crippen LogP contribution in [0.15, 0.2) is 48.5 Å². The summed E-state index contributed by atoms with van der Waals surface area (Å²) in [7, 11) is 0. The predicted molar refractivity (Wildman–Crippen MR) is 85.6 cm³/mol. The van der Waals surface area contributed by atoms with Gasteiger partial charge in [-0.25, -0.2) is 0 Å². The Labute approximate surface area is 151 Å². The smallest absolute Gasteiger partial charge is 0.296 e. The quantitative estimate of drug-likeness (QED) is 0.326. The molecule has 1 heterocycles. The zero-order valence-electron chi connectivity index (χ0n) is 14.3. The zero-order chi connectivity index (χ0) is 20.0. The van der Waals surface area contributed by atoms with Crippen LogP contribution in [0.5, 0.6) is 0 Å². The summed E-state index contributed by atoms with van der Waals surface area (Å²) < 4.78 is 80.5. The van der Waals surface area contributed by atoms with Gasteiger partial charge in [0, 0.05) is 0 Å². The van der Waals surface area contributed by atoms with Crippen molar-refractivity contribution in [1.29, 1.82) is 0 Å². The van der Waals surface area contributed by atoms with Crippen LogP contribution in [0.3, 0.4) is 0 Å². The van der Waals surface area contributed by atoms with E-state index in [1.54, 1.807) is 13.8 Å². The summed E-state index contributed by atoms with van der Waals surface area (Å²) in [6.07, 6.45) is -6.16. The molecule has 2 aromatic carbocycles. The number of aromatic nitrogens is 2. The van der Waals surface area contributed by atoms with Crippen LogP contribution in [-0.2, 0) is 12.4 Å². The molecule has 0 atom stereocenters. The molecule has 0 saturated carbocycles. The largest absolute Gasteiger partial charge is 0.415 e. The second kappa shape index (κ2) is 6.44. The first-order chi connectivity index (χ1) is 12.5. The van der Waals surface area contributed by atoms with Gasteiger partial charge in [-0.05, 0) is 38.1 Å². The summed E-state index contributed by atoms with van der Waals surface area (Å²) in [5.74, 6) is 0. The molecule has 0 aliphatic rings. The predicted octanol–water partition coefficient (Wildman–Crippen LogP) is 5.21. The molecule has 0 unspecified atom stereocenters. The van der Waals surface area contributed by atoms with Crippen molar-refractivity contribution in [3.63, 3.8) is 0 Å². The summed E-state index contributed by atoms with van der Waals surface area (Å²) in [5, 5.41) is 0. The molecular weight excluding hydrogens is 370 g/mol. The Morgan fingerprint density at radius 3 is 1.96 bits per heavy atom. The van der Waals surface area contributed by atoms with Crippen molar-refractivity contribution in [3.05, 3.63) is 77.4 Å². The number of imidazole rings is 1. The Hall–Kier alpha value is -2.77. The van der Waals surface area contributed by atoms with E-state index in [-0.39, 0.29) is 11.4 Å². The molecule has 8 heteroatoms. The van der Waals surface area contributed by atoms with E-state index < -0.39 is 23.5 Å². The molecule has 3 aromatic rings. The molecule has 142 valence electrons. The maximum Gasteiger partial charge on any atom is 0.415 e. The van der Waals surface area contributed by atoms with Crippen molar-refractivity contribution in [2.24, 2.45) is 0 Å². The molecule has 0 spiro atoms. The highest BCUT2D eigenvalue weighted by Crippen LogP contribution is 2.31. The Kier molecular flexibility index (Phi) is 4.53. The molecular formula is C19H14F6N2. The number of halogens is 6. The van der Waals surface area contributed by atoms with Crippen molar-refractivity contribution < 1.29 is 30.9 Å². The van der Waals surface area contributed by atoms with Crippen LogP contribution in [0.4, 0.5) is 26.3 Å². The number of benzene rings is 2. The van der Waals surface area contributed by atoms with E-state index in [0.717, 1.165) is 24.3 Å². The molecule has 0 radical (unpaired) electrons.